The van der Waals surface area contributed by atoms with E-state index in [1.54, 1.807) is 6.07 Å². The van der Waals surface area contributed by atoms with Crippen LogP contribution in [-0.4, -0.2) is 16.8 Å². The van der Waals surface area contributed by atoms with Crippen LogP contribution in [0.2, 0.25) is 5.15 Å². The topological polar surface area (TPSA) is 61.0 Å². The predicted octanol–water partition coefficient (Wildman–Crippen LogP) is 1.48. The Bertz CT molecular complexity index is 352. The van der Waals surface area contributed by atoms with E-state index in [4.69, 9.17) is 22.1 Å². The van der Waals surface area contributed by atoms with E-state index in [1.807, 2.05) is 6.92 Å². The Balaban J connectivity index is 2.33. The maximum absolute atomic E-state index is 6.03. The molecule has 0 amide bonds. The number of rotatable bonds is 3. The molecule has 0 radical (unpaired) electrons. The van der Waals surface area contributed by atoms with E-state index in [-0.39, 0.29) is 5.54 Å². The van der Waals surface area contributed by atoms with Crippen LogP contribution in [0.5, 0.6) is 5.88 Å². The standard InChI is InChI=1S/C9H12ClN3O/c1-2-14-7-5-6(8(10)13-12-7)9(11)3-4-9/h5H,2-4,11H2,1H3. The minimum atomic E-state index is -0.293. The van der Waals surface area contributed by atoms with Crippen LogP contribution in [-0.2, 0) is 5.54 Å². The van der Waals surface area contributed by atoms with Gasteiger partial charge in [-0.2, -0.15) is 0 Å². The zero-order valence-corrected chi connectivity index (χ0v) is 8.71. The van der Waals surface area contributed by atoms with E-state index >= 15 is 0 Å². The Kier molecular flexibility index (Phi) is 2.33. The zero-order valence-electron chi connectivity index (χ0n) is 7.96. The normalized spacial score (nSPS) is 17.9. The molecular weight excluding hydrogens is 202 g/mol. The summed E-state index contributed by atoms with van der Waals surface area (Å²) < 4.78 is 5.24. The second-order valence-electron chi connectivity index (χ2n) is 3.48. The average molecular weight is 214 g/mol. The van der Waals surface area contributed by atoms with Crippen molar-refractivity contribution in [2.45, 2.75) is 25.3 Å². The molecule has 0 spiro atoms. The van der Waals surface area contributed by atoms with Gasteiger partial charge in [0.1, 0.15) is 0 Å². The van der Waals surface area contributed by atoms with Gasteiger partial charge in [0.25, 0.3) is 0 Å². The first-order valence-corrected chi connectivity index (χ1v) is 4.99. The molecule has 0 saturated heterocycles. The fourth-order valence-corrected chi connectivity index (χ4v) is 1.61. The summed E-state index contributed by atoms with van der Waals surface area (Å²) >= 11 is 5.91. The molecule has 1 aromatic heterocycles. The minimum Gasteiger partial charge on any atom is -0.477 e. The Morgan fingerprint density at radius 2 is 2.29 bits per heavy atom. The molecule has 14 heavy (non-hydrogen) atoms. The third-order valence-electron chi connectivity index (χ3n) is 2.34. The summed E-state index contributed by atoms with van der Waals surface area (Å²) in [5.41, 5.74) is 6.58. The number of ether oxygens (including phenoxy) is 1. The van der Waals surface area contributed by atoms with Crippen LogP contribution in [0.25, 0.3) is 0 Å². The Hall–Kier alpha value is -0.870. The molecule has 2 rings (SSSR count). The van der Waals surface area contributed by atoms with Crippen LogP contribution in [0.4, 0.5) is 0 Å². The van der Waals surface area contributed by atoms with Gasteiger partial charge in [0, 0.05) is 17.2 Å². The summed E-state index contributed by atoms with van der Waals surface area (Å²) in [5, 5.41) is 8.01. The second-order valence-corrected chi connectivity index (χ2v) is 3.83. The SMILES string of the molecule is CCOc1cc(C2(N)CC2)c(Cl)nn1. The molecule has 0 unspecified atom stereocenters. The molecule has 76 valence electrons. The zero-order chi connectivity index (χ0) is 10.2. The largest absolute Gasteiger partial charge is 0.477 e. The highest BCUT2D eigenvalue weighted by Crippen LogP contribution is 2.45. The highest BCUT2D eigenvalue weighted by atomic mass is 35.5. The summed E-state index contributed by atoms with van der Waals surface area (Å²) in [7, 11) is 0. The van der Waals surface area contributed by atoms with Gasteiger partial charge in [-0.25, -0.2) is 0 Å². The van der Waals surface area contributed by atoms with Crippen LogP contribution < -0.4 is 10.5 Å². The molecule has 0 bridgehead atoms. The van der Waals surface area contributed by atoms with Crippen molar-refractivity contribution in [3.05, 3.63) is 16.8 Å². The molecular formula is C9H12ClN3O. The maximum Gasteiger partial charge on any atom is 0.233 e. The van der Waals surface area contributed by atoms with E-state index in [0.717, 1.165) is 18.4 Å². The van der Waals surface area contributed by atoms with Crippen molar-refractivity contribution < 1.29 is 4.74 Å². The molecule has 0 atom stereocenters. The molecule has 1 aromatic rings. The van der Waals surface area contributed by atoms with Gasteiger partial charge < -0.3 is 10.5 Å². The number of nitrogens with zero attached hydrogens (tertiary/aromatic N) is 2. The lowest BCUT2D eigenvalue weighted by Gasteiger charge is -2.11. The van der Waals surface area contributed by atoms with Crippen LogP contribution in [0, 0.1) is 0 Å². The van der Waals surface area contributed by atoms with E-state index in [1.165, 1.54) is 0 Å². The van der Waals surface area contributed by atoms with Crippen molar-refractivity contribution in [1.29, 1.82) is 0 Å². The average Bonchev–Trinajstić information content (AvgIpc) is 2.89. The smallest absolute Gasteiger partial charge is 0.233 e. The van der Waals surface area contributed by atoms with Gasteiger partial charge in [0.15, 0.2) is 5.15 Å². The van der Waals surface area contributed by atoms with Crippen LogP contribution in [0.15, 0.2) is 6.07 Å². The second kappa shape index (κ2) is 3.37. The van der Waals surface area contributed by atoms with Gasteiger partial charge in [0.05, 0.1) is 6.61 Å². The maximum atomic E-state index is 6.03. The van der Waals surface area contributed by atoms with E-state index < -0.39 is 0 Å². The summed E-state index contributed by atoms with van der Waals surface area (Å²) in [6, 6.07) is 1.78. The highest BCUT2D eigenvalue weighted by Gasteiger charge is 2.42. The molecule has 1 fully saturated rings. The minimum absolute atomic E-state index is 0.293. The molecule has 0 aliphatic heterocycles. The van der Waals surface area contributed by atoms with Gasteiger partial charge >= 0.3 is 0 Å². The van der Waals surface area contributed by atoms with Crippen LogP contribution in [0.1, 0.15) is 25.3 Å². The lowest BCUT2D eigenvalue weighted by molar-refractivity contribution is 0.321. The number of hydrogen-bond acceptors (Lipinski definition) is 4. The molecule has 5 heteroatoms. The molecule has 1 heterocycles. The molecule has 1 aliphatic rings. The number of aromatic nitrogens is 2. The van der Waals surface area contributed by atoms with Gasteiger partial charge in [0.2, 0.25) is 5.88 Å². The number of halogens is 1. The van der Waals surface area contributed by atoms with Crippen LogP contribution >= 0.6 is 11.6 Å². The lowest BCUT2D eigenvalue weighted by atomic mass is 10.1. The van der Waals surface area contributed by atoms with E-state index in [9.17, 15) is 0 Å². The Morgan fingerprint density at radius 3 is 2.86 bits per heavy atom. The summed E-state index contributed by atoms with van der Waals surface area (Å²) in [6.45, 7) is 2.46. The van der Waals surface area contributed by atoms with Crippen molar-refractivity contribution in [3.63, 3.8) is 0 Å². The van der Waals surface area contributed by atoms with Crippen molar-refractivity contribution in [2.75, 3.05) is 6.61 Å². The third-order valence-corrected chi connectivity index (χ3v) is 2.62. The van der Waals surface area contributed by atoms with Crippen molar-refractivity contribution in [1.82, 2.24) is 10.2 Å². The molecule has 4 nitrogen and oxygen atoms in total. The summed E-state index contributed by atoms with van der Waals surface area (Å²) in [5.74, 6) is 0.489. The lowest BCUT2D eigenvalue weighted by Crippen LogP contribution is -2.20. The van der Waals surface area contributed by atoms with Gasteiger partial charge in [-0.1, -0.05) is 11.6 Å². The Labute approximate surface area is 87.4 Å². The Morgan fingerprint density at radius 1 is 1.57 bits per heavy atom. The predicted molar refractivity (Wildman–Crippen MR) is 53.3 cm³/mol. The number of nitrogens with two attached hydrogens (primary N) is 1. The summed E-state index contributed by atoms with van der Waals surface area (Å²) in [4.78, 5) is 0. The van der Waals surface area contributed by atoms with E-state index in [0.29, 0.717) is 17.6 Å². The van der Waals surface area contributed by atoms with Crippen molar-refractivity contribution in [2.24, 2.45) is 5.73 Å². The molecule has 1 saturated carbocycles. The van der Waals surface area contributed by atoms with Crippen LogP contribution in [0.3, 0.4) is 0 Å². The van der Waals surface area contributed by atoms with Gasteiger partial charge in [-0.05, 0) is 19.8 Å². The number of hydrogen-bond donors (Lipinski definition) is 1. The van der Waals surface area contributed by atoms with Crippen molar-refractivity contribution >= 4 is 11.6 Å². The monoisotopic (exact) mass is 213 g/mol. The quantitative estimate of drug-likeness (QED) is 0.826. The van der Waals surface area contributed by atoms with Gasteiger partial charge in [-0.3, -0.25) is 0 Å². The molecule has 2 N–H and O–H groups in total. The molecule has 0 aromatic carbocycles. The van der Waals surface area contributed by atoms with Crippen molar-refractivity contribution in [3.8, 4) is 5.88 Å². The van der Waals surface area contributed by atoms with E-state index in [2.05, 4.69) is 10.2 Å². The first-order valence-electron chi connectivity index (χ1n) is 4.61. The molecule has 1 aliphatic carbocycles. The fourth-order valence-electron chi connectivity index (χ4n) is 1.33. The first-order chi connectivity index (χ1) is 6.65. The fraction of sp³-hybridized carbons (Fsp3) is 0.556. The first kappa shape index (κ1) is 9.68. The van der Waals surface area contributed by atoms with Gasteiger partial charge in [-0.15, -0.1) is 10.2 Å². The third kappa shape index (κ3) is 1.67. The highest BCUT2D eigenvalue weighted by molar-refractivity contribution is 6.30. The summed E-state index contributed by atoms with van der Waals surface area (Å²) in [6.07, 6.45) is 1.90.